The number of anilines is 1. The zero-order chi connectivity index (χ0) is 23.3. The van der Waals surface area contributed by atoms with E-state index in [9.17, 15) is 14.9 Å². The van der Waals surface area contributed by atoms with Crippen molar-refractivity contribution in [1.29, 1.82) is 0 Å². The second kappa shape index (κ2) is 10.5. The summed E-state index contributed by atoms with van der Waals surface area (Å²) in [6, 6.07) is 10.4. The topological polar surface area (TPSA) is 79.6 Å². The highest BCUT2D eigenvalue weighted by molar-refractivity contribution is 7.22. The van der Waals surface area contributed by atoms with Crippen LogP contribution in [0.5, 0.6) is 0 Å². The zero-order valence-corrected chi connectivity index (χ0v) is 19.7. The van der Waals surface area contributed by atoms with Crippen LogP contribution in [0.3, 0.4) is 0 Å². The second-order valence-electron chi connectivity index (χ2n) is 7.55. The molecule has 0 radical (unpaired) electrons. The molecule has 0 aliphatic heterocycles. The highest BCUT2D eigenvalue weighted by Crippen LogP contribution is 2.32. The number of aromatic nitrogens is 1. The second-order valence-corrected chi connectivity index (χ2v) is 8.56. The highest BCUT2D eigenvalue weighted by atomic mass is 32.1. The van der Waals surface area contributed by atoms with Crippen molar-refractivity contribution in [1.82, 2.24) is 9.88 Å². The SMILES string of the molecule is CCN(CC)CCN(C(=O)C=Cc1cccc([N+](=O)[O-])c1)c1nc2c(C)c(C)ccc2s1. The number of fused-ring (bicyclic) bond motifs is 1. The fraction of sp³-hybridized carbons (Fsp3) is 0.333. The van der Waals surface area contributed by atoms with Crippen molar-refractivity contribution in [3.8, 4) is 0 Å². The van der Waals surface area contributed by atoms with Crippen molar-refractivity contribution in [2.45, 2.75) is 27.7 Å². The number of rotatable bonds is 9. The molecular weight excluding hydrogens is 424 g/mol. The van der Waals surface area contributed by atoms with Crippen LogP contribution in [-0.2, 0) is 4.79 Å². The molecule has 0 atom stereocenters. The Bertz CT molecular complexity index is 1150. The van der Waals surface area contributed by atoms with E-state index in [0.29, 0.717) is 17.2 Å². The first-order valence-corrected chi connectivity index (χ1v) is 11.5. The number of nitrogens with zero attached hydrogens (tertiary/aromatic N) is 4. The average molecular weight is 453 g/mol. The average Bonchev–Trinajstić information content (AvgIpc) is 3.22. The first-order valence-electron chi connectivity index (χ1n) is 10.7. The maximum atomic E-state index is 13.2. The molecule has 0 unspecified atom stereocenters. The summed E-state index contributed by atoms with van der Waals surface area (Å²) in [4.78, 5) is 32.5. The highest BCUT2D eigenvalue weighted by Gasteiger charge is 2.19. The molecule has 3 rings (SSSR count). The molecule has 0 saturated heterocycles. The van der Waals surface area contributed by atoms with E-state index in [1.165, 1.54) is 35.1 Å². The molecule has 0 aliphatic rings. The molecule has 168 valence electrons. The lowest BCUT2D eigenvalue weighted by molar-refractivity contribution is -0.384. The molecule has 0 aliphatic carbocycles. The quantitative estimate of drug-likeness (QED) is 0.253. The maximum absolute atomic E-state index is 13.2. The molecule has 0 bridgehead atoms. The monoisotopic (exact) mass is 452 g/mol. The Morgan fingerprint density at radius 3 is 2.59 bits per heavy atom. The van der Waals surface area contributed by atoms with Gasteiger partial charge in [0.05, 0.1) is 15.1 Å². The number of thiazole rings is 1. The molecule has 1 aromatic heterocycles. The van der Waals surface area contributed by atoms with E-state index >= 15 is 0 Å². The number of non-ortho nitro benzene ring substituents is 1. The van der Waals surface area contributed by atoms with Crippen LogP contribution in [0, 0.1) is 24.0 Å². The minimum atomic E-state index is -0.443. The standard InChI is InChI=1S/C24H28N4O3S/c1-5-26(6-2)14-15-27(24-25-23-18(4)17(3)10-12-21(23)32-24)22(29)13-11-19-8-7-9-20(16-19)28(30)31/h7-13,16H,5-6,14-15H2,1-4H3. The molecule has 8 heteroatoms. The summed E-state index contributed by atoms with van der Waals surface area (Å²) in [6.07, 6.45) is 3.08. The van der Waals surface area contributed by atoms with Crippen molar-refractivity contribution in [2.75, 3.05) is 31.1 Å². The Balaban J connectivity index is 1.91. The molecule has 1 heterocycles. The van der Waals surface area contributed by atoms with E-state index in [-0.39, 0.29) is 11.6 Å². The van der Waals surface area contributed by atoms with Crippen LogP contribution < -0.4 is 4.90 Å². The van der Waals surface area contributed by atoms with E-state index in [1.54, 1.807) is 23.1 Å². The van der Waals surface area contributed by atoms with E-state index in [0.717, 1.165) is 35.4 Å². The van der Waals surface area contributed by atoms with Crippen molar-refractivity contribution >= 4 is 44.4 Å². The van der Waals surface area contributed by atoms with Crippen LogP contribution >= 0.6 is 11.3 Å². The van der Waals surface area contributed by atoms with Crippen molar-refractivity contribution in [3.63, 3.8) is 0 Å². The fourth-order valence-electron chi connectivity index (χ4n) is 3.41. The van der Waals surface area contributed by atoms with Gasteiger partial charge in [-0.3, -0.25) is 19.8 Å². The zero-order valence-electron chi connectivity index (χ0n) is 18.9. The number of benzene rings is 2. The number of hydrogen-bond donors (Lipinski definition) is 0. The van der Waals surface area contributed by atoms with Gasteiger partial charge < -0.3 is 4.90 Å². The minimum Gasteiger partial charge on any atom is -0.302 e. The van der Waals surface area contributed by atoms with Gasteiger partial charge in [0.2, 0.25) is 0 Å². The smallest absolute Gasteiger partial charge is 0.270 e. The molecule has 0 N–H and O–H groups in total. The van der Waals surface area contributed by atoms with E-state index < -0.39 is 4.92 Å². The first kappa shape index (κ1) is 23.6. The van der Waals surface area contributed by atoms with Crippen molar-refractivity contribution < 1.29 is 9.72 Å². The normalized spacial score (nSPS) is 11.5. The number of aryl methyl sites for hydroxylation is 2. The number of likely N-dealkylation sites (N-methyl/N-ethyl adjacent to an activating group) is 1. The molecule has 3 aromatic rings. The lowest BCUT2D eigenvalue weighted by Gasteiger charge is -2.23. The van der Waals surface area contributed by atoms with Gasteiger partial charge in [-0.25, -0.2) is 4.98 Å². The van der Waals surface area contributed by atoms with Crippen LogP contribution in [0.2, 0.25) is 0 Å². The Hall–Kier alpha value is -3.10. The number of nitro groups is 1. The third kappa shape index (κ3) is 5.38. The Morgan fingerprint density at radius 2 is 1.91 bits per heavy atom. The van der Waals surface area contributed by atoms with Gasteiger partial charge in [0.15, 0.2) is 5.13 Å². The summed E-state index contributed by atoms with van der Waals surface area (Å²) in [5.41, 5.74) is 3.81. The molecule has 1 amide bonds. The Morgan fingerprint density at radius 1 is 1.16 bits per heavy atom. The number of hydrogen-bond acceptors (Lipinski definition) is 6. The van der Waals surface area contributed by atoms with Gasteiger partial charge in [0.25, 0.3) is 11.6 Å². The molecule has 0 fully saturated rings. The maximum Gasteiger partial charge on any atom is 0.270 e. The fourth-order valence-corrected chi connectivity index (χ4v) is 4.47. The predicted octanol–water partition coefficient (Wildman–Crippen LogP) is 5.21. The van der Waals surface area contributed by atoms with E-state index in [2.05, 4.69) is 31.7 Å². The van der Waals surface area contributed by atoms with Gasteiger partial charge in [0.1, 0.15) is 0 Å². The third-order valence-corrected chi connectivity index (χ3v) is 6.65. The summed E-state index contributed by atoms with van der Waals surface area (Å²) in [6.45, 7) is 11.4. The number of carbonyl (C=O) groups excluding carboxylic acids is 1. The first-order chi connectivity index (χ1) is 15.3. The lowest BCUT2D eigenvalue weighted by Crippen LogP contribution is -2.38. The summed E-state index contributed by atoms with van der Waals surface area (Å²) < 4.78 is 1.05. The molecule has 2 aromatic carbocycles. The Kier molecular flexibility index (Phi) is 7.71. The van der Waals surface area contributed by atoms with Gasteiger partial charge in [-0.1, -0.05) is 43.4 Å². The van der Waals surface area contributed by atoms with E-state index in [4.69, 9.17) is 4.98 Å². The van der Waals surface area contributed by atoms with Crippen LogP contribution in [0.25, 0.3) is 16.3 Å². The Labute approximate surface area is 192 Å². The van der Waals surface area contributed by atoms with Gasteiger partial charge in [-0.15, -0.1) is 0 Å². The van der Waals surface area contributed by atoms with Crippen molar-refractivity contribution in [2.24, 2.45) is 0 Å². The van der Waals surface area contributed by atoms with E-state index in [1.807, 2.05) is 13.0 Å². The van der Waals surface area contributed by atoms with Crippen molar-refractivity contribution in [3.05, 3.63) is 69.3 Å². The number of carbonyl (C=O) groups is 1. The lowest BCUT2D eigenvalue weighted by atomic mass is 10.1. The summed E-state index contributed by atoms with van der Waals surface area (Å²) in [5, 5.41) is 11.7. The van der Waals surface area contributed by atoms with Gasteiger partial charge in [0, 0.05) is 31.3 Å². The molecule has 32 heavy (non-hydrogen) atoms. The van der Waals surface area contributed by atoms with Crippen LogP contribution in [-0.4, -0.2) is 46.9 Å². The van der Waals surface area contributed by atoms with Gasteiger partial charge in [-0.2, -0.15) is 0 Å². The van der Waals surface area contributed by atoms with Gasteiger partial charge >= 0.3 is 0 Å². The largest absolute Gasteiger partial charge is 0.302 e. The molecule has 0 spiro atoms. The van der Waals surface area contributed by atoms with Gasteiger partial charge in [-0.05, 0) is 55.8 Å². The summed E-state index contributed by atoms with van der Waals surface area (Å²) in [7, 11) is 0. The summed E-state index contributed by atoms with van der Waals surface area (Å²) >= 11 is 1.50. The van der Waals surface area contributed by atoms with Crippen LogP contribution in [0.15, 0.2) is 42.5 Å². The molecule has 0 saturated carbocycles. The van der Waals surface area contributed by atoms with Crippen LogP contribution in [0.4, 0.5) is 10.8 Å². The number of nitro benzene ring substituents is 1. The minimum absolute atomic E-state index is 0.00462. The summed E-state index contributed by atoms with van der Waals surface area (Å²) in [5.74, 6) is -0.197. The third-order valence-electron chi connectivity index (χ3n) is 5.60. The predicted molar refractivity (Wildman–Crippen MR) is 131 cm³/mol. The molecule has 7 nitrogen and oxygen atoms in total. The molecular formula is C24H28N4O3S. The number of amides is 1. The van der Waals surface area contributed by atoms with Crippen LogP contribution in [0.1, 0.15) is 30.5 Å².